The molecule has 5 heteroatoms. The lowest BCUT2D eigenvalue weighted by Gasteiger charge is -2.11. The molecule has 0 aliphatic heterocycles. The molecule has 4 nitrogen and oxygen atoms in total. The Kier molecular flexibility index (Phi) is 6.50. The third kappa shape index (κ3) is 5.46. The Balaban J connectivity index is 1.69. The summed E-state index contributed by atoms with van der Waals surface area (Å²) in [5, 5.41) is 3.48. The number of hydrogen-bond donors (Lipinski definition) is 1. The number of rotatable bonds is 7. The summed E-state index contributed by atoms with van der Waals surface area (Å²) in [5.41, 5.74) is 3.04. The van der Waals surface area contributed by atoms with E-state index in [2.05, 4.69) is 5.32 Å². The van der Waals surface area contributed by atoms with Gasteiger partial charge in [0, 0.05) is 5.02 Å². The maximum atomic E-state index is 11.8. The standard InChI is InChI=1S/C19H22ClNO3/c1-13-4-6-16(7-5-13)23-9-8-21-18(22)12-24-17-10-14(2)19(20)15(3)11-17/h4-7,10-11H,8-9,12H2,1-3H3,(H,21,22). The third-order valence-electron chi connectivity index (χ3n) is 3.49. The molecule has 1 amide bonds. The maximum absolute atomic E-state index is 11.8. The summed E-state index contributed by atoms with van der Waals surface area (Å²) in [6, 6.07) is 11.4. The number of carbonyl (C=O) groups is 1. The average Bonchev–Trinajstić information content (AvgIpc) is 2.56. The average molecular weight is 348 g/mol. The van der Waals surface area contributed by atoms with E-state index in [1.165, 1.54) is 5.56 Å². The predicted molar refractivity (Wildman–Crippen MR) is 96.1 cm³/mol. The van der Waals surface area contributed by atoms with Gasteiger partial charge in [0.1, 0.15) is 18.1 Å². The monoisotopic (exact) mass is 347 g/mol. The third-order valence-corrected chi connectivity index (χ3v) is 4.09. The highest BCUT2D eigenvalue weighted by Gasteiger charge is 2.06. The number of ether oxygens (including phenoxy) is 2. The van der Waals surface area contributed by atoms with E-state index in [0.29, 0.717) is 18.9 Å². The topological polar surface area (TPSA) is 47.6 Å². The van der Waals surface area contributed by atoms with Crippen LogP contribution in [0.25, 0.3) is 0 Å². The molecule has 0 heterocycles. The van der Waals surface area contributed by atoms with E-state index in [-0.39, 0.29) is 12.5 Å². The fourth-order valence-corrected chi connectivity index (χ4v) is 2.29. The number of halogens is 1. The van der Waals surface area contributed by atoms with Crippen molar-refractivity contribution in [1.29, 1.82) is 0 Å². The first-order chi connectivity index (χ1) is 11.5. The molecule has 0 saturated carbocycles. The molecule has 0 saturated heterocycles. The van der Waals surface area contributed by atoms with Crippen molar-refractivity contribution in [3.8, 4) is 11.5 Å². The largest absolute Gasteiger partial charge is 0.492 e. The minimum absolute atomic E-state index is 0.0367. The zero-order valence-electron chi connectivity index (χ0n) is 14.2. The van der Waals surface area contributed by atoms with Gasteiger partial charge in [0.05, 0.1) is 6.54 Å². The molecule has 128 valence electrons. The molecule has 0 fully saturated rings. The van der Waals surface area contributed by atoms with Crippen molar-refractivity contribution in [2.24, 2.45) is 0 Å². The maximum Gasteiger partial charge on any atom is 0.258 e. The van der Waals surface area contributed by atoms with Crippen LogP contribution in [0.5, 0.6) is 11.5 Å². The van der Waals surface area contributed by atoms with Crippen molar-refractivity contribution in [3.05, 3.63) is 58.1 Å². The summed E-state index contributed by atoms with van der Waals surface area (Å²) in [6.45, 7) is 6.64. The first-order valence-electron chi connectivity index (χ1n) is 7.81. The number of benzene rings is 2. The predicted octanol–water partition coefficient (Wildman–Crippen LogP) is 3.84. The second-order valence-corrected chi connectivity index (χ2v) is 6.05. The molecule has 0 aliphatic rings. The van der Waals surface area contributed by atoms with Crippen molar-refractivity contribution < 1.29 is 14.3 Å². The zero-order valence-corrected chi connectivity index (χ0v) is 14.9. The van der Waals surface area contributed by atoms with Crippen LogP contribution in [0.4, 0.5) is 0 Å². The van der Waals surface area contributed by atoms with Crippen molar-refractivity contribution in [2.45, 2.75) is 20.8 Å². The molecule has 0 aromatic heterocycles. The fraction of sp³-hybridized carbons (Fsp3) is 0.316. The van der Waals surface area contributed by atoms with Crippen molar-refractivity contribution in [1.82, 2.24) is 5.32 Å². The highest BCUT2D eigenvalue weighted by molar-refractivity contribution is 6.32. The second-order valence-electron chi connectivity index (χ2n) is 5.67. The molecule has 0 spiro atoms. The highest BCUT2D eigenvalue weighted by Crippen LogP contribution is 2.25. The van der Waals surface area contributed by atoms with Crippen LogP contribution in [-0.4, -0.2) is 25.7 Å². The van der Waals surface area contributed by atoms with Crippen LogP contribution in [0.3, 0.4) is 0 Å². The van der Waals surface area contributed by atoms with Gasteiger partial charge in [0.25, 0.3) is 5.91 Å². The summed E-state index contributed by atoms with van der Waals surface area (Å²) >= 11 is 6.11. The normalized spacial score (nSPS) is 10.3. The Hall–Kier alpha value is -2.20. The van der Waals surface area contributed by atoms with Gasteiger partial charge in [-0.25, -0.2) is 0 Å². The van der Waals surface area contributed by atoms with E-state index in [1.807, 2.05) is 57.2 Å². The molecule has 0 unspecified atom stereocenters. The summed E-state index contributed by atoms with van der Waals surface area (Å²) in [7, 11) is 0. The summed E-state index contributed by atoms with van der Waals surface area (Å²) in [6.07, 6.45) is 0. The minimum atomic E-state index is -0.187. The molecule has 0 aliphatic carbocycles. The van der Waals surface area contributed by atoms with Crippen molar-refractivity contribution in [2.75, 3.05) is 19.8 Å². The van der Waals surface area contributed by atoms with Gasteiger partial charge in [-0.1, -0.05) is 29.3 Å². The molecule has 0 radical (unpaired) electrons. The lowest BCUT2D eigenvalue weighted by atomic mass is 10.1. The van der Waals surface area contributed by atoms with E-state index in [1.54, 1.807) is 0 Å². The van der Waals surface area contributed by atoms with Crippen LogP contribution in [0.15, 0.2) is 36.4 Å². The van der Waals surface area contributed by atoms with E-state index in [9.17, 15) is 4.79 Å². The Morgan fingerprint density at radius 3 is 2.25 bits per heavy atom. The van der Waals surface area contributed by atoms with Crippen LogP contribution < -0.4 is 14.8 Å². The quantitative estimate of drug-likeness (QED) is 0.774. The second kappa shape index (κ2) is 8.60. The van der Waals surface area contributed by atoms with Crippen LogP contribution in [0, 0.1) is 20.8 Å². The van der Waals surface area contributed by atoms with E-state index < -0.39 is 0 Å². The zero-order chi connectivity index (χ0) is 17.5. The van der Waals surface area contributed by atoms with Gasteiger partial charge in [0.2, 0.25) is 0 Å². The Morgan fingerprint density at radius 2 is 1.62 bits per heavy atom. The first kappa shape index (κ1) is 18.1. The molecular weight excluding hydrogens is 326 g/mol. The van der Waals surface area contributed by atoms with Crippen LogP contribution in [0.1, 0.15) is 16.7 Å². The molecule has 2 aromatic carbocycles. The Bertz CT molecular complexity index is 675. The number of hydrogen-bond acceptors (Lipinski definition) is 3. The van der Waals surface area contributed by atoms with Gasteiger partial charge in [-0.05, 0) is 56.2 Å². The highest BCUT2D eigenvalue weighted by atomic mass is 35.5. The van der Waals surface area contributed by atoms with Gasteiger partial charge >= 0.3 is 0 Å². The van der Waals surface area contributed by atoms with Crippen molar-refractivity contribution in [3.63, 3.8) is 0 Å². The fourth-order valence-electron chi connectivity index (χ4n) is 2.18. The van der Waals surface area contributed by atoms with Crippen molar-refractivity contribution >= 4 is 17.5 Å². The minimum Gasteiger partial charge on any atom is -0.492 e. The van der Waals surface area contributed by atoms with Gasteiger partial charge in [-0.3, -0.25) is 4.79 Å². The number of nitrogens with one attached hydrogen (secondary N) is 1. The van der Waals surface area contributed by atoms with E-state index >= 15 is 0 Å². The van der Waals surface area contributed by atoms with Crippen LogP contribution in [0.2, 0.25) is 5.02 Å². The smallest absolute Gasteiger partial charge is 0.258 e. The molecule has 24 heavy (non-hydrogen) atoms. The summed E-state index contributed by atoms with van der Waals surface area (Å²) < 4.78 is 11.1. The van der Waals surface area contributed by atoms with Crippen LogP contribution >= 0.6 is 11.6 Å². The molecule has 0 bridgehead atoms. The SMILES string of the molecule is Cc1ccc(OCCNC(=O)COc2cc(C)c(Cl)c(C)c2)cc1. The first-order valence-corrected chi connectivity index (χ1v) is 8.19. The van der Waals surface area contributed by atoms with E-state index in [0.717, 1.165) is 21.9 Å². The molecule has 1 N–H and O–H groups in total. The van der Waals surface area contributed by atoms with Crippen LogP contribution in [-0.2, 0) is 4.79 Å². The van der Waals surface area contributed by atoms with Gasteiger partial charge in [0.15, 0.2) is 6.61 Å². The molecule has 2 rings (SSSR count). The van der Waals surface area contributed by atoms with Gasteiger partial charge in [-0.2, -0.15) is 0 Å². The molecule has 0 atom stereocenters. The number of amides is 1. The van der Waals surface area contributed by atoms with Gasteiger partial charge in [-0.15, -0.1) is 0 Å². The summed E-state index contributed by atoms with van der Waals surface area (Å²) in [5.74, 6) is 1.24. The van der Waals surface area contributed by atoms with E-state index in [4.69, 9.17) is 21.1 Å². The Morgan fingerprint density at radius 1 is 1.00 bits per heavy atom. The molecule has 2 aromatic rings. The number of aryl methyl sites for hydroxylation is 3. The lowest BCUT2D eigenvalue weighted by Crippen LogP contribution is -2.32. The van der Waals surface area contributed by atoms with Gasteiger partial charge < -0.3 is 14.8 Å². The Labute approximate surface area is 147 Å². The lowest BCUT2D eigenvalue weighted by molar-refractivity contribution is -0.123. The summed E-state index contributed by atoms with van der Waals surface area (Å²) in [4.78, 5) is 11.8. The number of carbonyl (C=O) groups excluding carboxylic acids is 1. The molecular formula is C19H22ClNO3.